The van der Waals surface area contributed by atoms with Crippen LogP contribution in [0.3, 0.4) is 0 Å². The minimum absolute atomic E-state index is 0.00115. The Bertz CT molecular complexity index is 490. The number of methoxy groups -OCH3 is 1. The van der Waals surface area contributed by atoms with Crippen LogP contribution in [0.2, 0.25) is 0 Å². The summed E-state index contributed by atoms with van der Waals surface area (Å²) in [6.07, 6.45) is 0. The molecular formula is C10H15FN2O3S. The van der Waals surface area contributed by atoms with Crippen LogP contribution in [-0.2, 0) is 10.0 Å². The third-order valence-corrected chi connectivity index (χ3v) is 4.03. The molecule has 3 N–H and O–H groups in total. The van der Waals surface area contributed by atoms with Crippen LogP contribution >= 0.6 is 0 Å². The normalized spacial score (nSPS) is 13.2. The molecule has 0 aromatic heterocycles. The summed E-state index contributed by atoms with van der Waals surface area (Å²) in [5.74, 6) is -0.380. The molecule has 0 aliphatic carbocycles. The highest BCUT2D eigenvalue weighted by atomic mass is 32.2. The van der Waals surface area contributed by atoms with E-state index in [2.05, 4.69) is 4.72 Å². The Morgan fingerprint density at radius 1 is 1.53 bits per heavy atom. The van der Waals surface area contributed by atoms with Gasteiger partial charge in [0.1, 0.15) is 11.6 Å². The molecule has 0 saturated carbocycles. The average Bonchev–Trinajstić information content (AvgIpc) is 2.30. The van der Waals surface area contributed by atoms with Gasteiger partial charge in [0.15, 0.2) is 0 Å². The van der Waals surface area contributed by atoms with Gasteiger partial charge in [-0.3, -0.25) is 4.72 Å². The van der Waals surface area contributed by atoms with E-state index in [0.717, 1.165) is 12.1 Å². The topological polar surface area (TPSA) is 81.4 Å². The van der Waals surface area contributed by atoms with E-state index in [-0.39, 0.29) is 18.0 Å². The molecule has 17 heavy (non-hydrogen) atoms. The number of rotatable bonds is 5. The Morgan fingerprint density at radius 2 is 2.18 bits per heavy atom. The van der Waals surface area contributed by atoms with Gasteiger partial charge in [-0.1, -0.05) is 0 Å². The highest BCUT2D eigenvalue weighted by Crippen LogP contribution is 2.26. The van der Waals surface area contributed by atoms with E-state index in [9.17, 15) is 12.8 Å². The summed E-state index contributed by atoms with van der Waals surface area (Å²) in [5.41, 5.74) is 5.49. The quantitative estimate of drug-likeness (QED) is 0.827. The van der Waals surface area contributed by atoms with Crippen molar-refractivity contribution in [3.63, 3.8) is 0 Å². The molecule has 0 spiro atoms. The number of hydrogen-bond donors (Lipinski definition) is 2. The van der Waals surface area contributed by atoms with E-state index in [4.69, 9.17) is 10.5 Å². The van der Waals surface area contributed by atoms with Crippen LogP contribution in [0.15, 0.2) is 18.2 Å². The molecule has 1 aromatic carbocycles. The highest BCUT2D eigenvalue weighted by molar-refractivity contribution is 7.93. The van der Waals surface area contributed by atoms with Gasteiger partial charge in [-0.25, -0.2) is 12.8 Å². The van der Waals surface area contributed by atoms with Gasteiger partial charge < -0.3 is 10.5 Å². The first-order valence-electron chi connectivity index (χ1n) is 4.96. The van der Waals surface area contributed by atoms with Gasteiger partial charge in [0.25, 0.3) is 0 Å². The van der Waals surface area contributed by atoms with Gasteiger partial charge in [0.05, 0.1) is 18.0 Å². The standard InChI is InChI=1S/C10H15FN2O3S/c1-7(6-12)17(14,15)13-9-4-3-8(11)5-10(9)16-2/h3-5,7,13H,6,12H2,1-2H3. The lowest BCUT2D eigenvalue weighted by atomic mass is 10.3. The second-order valence-electron chi connectivity index (χ2n) is 3.54. The monoisotopic (exact) mass is 262 g/mol. The number of ether oxygens (including phenoxy) is 1. The third kappa shape index (κ3) is 3.31. The van der Waals surface area contributed by atoms with E-state index < -0.39 is 21.1 Å². The zero-order chi connectivity index (χ0) is 13.1. The lowest BCUT2D eigenvalue weighted by Gasteiger charge is -2.15. The van der Waals surface area contributed by atoms with Crippen molar-refractivity contribution in [2.24, 2.45) is 5.73 Å². The van der Waals surface area contributed by atoms with Crippen molar-refractivity contribution in [1.82, 2.24) is 0 Å². The van der Waals surface area contributed by atoms with Crippen molar-refractivity contribution in [2.45, 2.75) is 12.2 Å². The number of hydrogen-bond acceptors (Lipinski definition) is 4. The Kier molecular flexibility index (Phi) is 4.30. The molecule has 1 atom stereocenters. The molecule has 96 valence electrons. The number of halogens is 1. The summed E-state index contributed by atoms with van der Waals surface area (Å²) in [5, 5.41) is -0.739. The average molecular weight is 262 g/mol. The first kappa shape index (κ1) is 13.7. The molecule has 0 amide bonds. The molecule has 0 saturated heterocycles. The largest absolute Gasteiger partial charge is 0.494 e. The zero-order valence-corrected chi connectivity index (χ0v) is 10.4. The van der Waals surface area contributed by atoms with Crippen molar-refractivity contribution >= 4 is 15.7 Å². The van der Waals surface area contributed by atoms with Gasteiger partial charge in [-0.15, -0.1) is 0 Å². The van der Waals surface area contributed by atoms with Crippen LogP contribution in [0.4, 0.5) is 10.1 Å². The van der Waals surface area contributed by atoms with Crippen molar-refractivity contribution in [1.29, 1.82) is 0 Å². The minimum atomic E-state index is -3.59. The van der Waals surface area contributed by atoms with E-state index in [0.29, 0.717) is 0 Å². The Balaban J connectivity index is 3.03. The first-order chi connectivity index (χ1) is 7.90. The number of sulfonamides is 1. The van der Waals surface area contributed by atoms with Gasteiger partial charge in [-0.05, 0) is 19.1 Å². The summed E-state index contributed by atoms with van der Waals surface area (Å²) in [6.45, 7) is 1.48. The first-order valence-corrected chi connectivity index (χ1v) is 6.50. The summed E-state index contributed by atoms with van der Waals surface area (Å²) in [7, 11) is -2.25. The summed E-state index contributed by atoms with van der Waals surface area (Å²) >= 11 is 0. The van der Waals surface area contributed by atoms with E-state index in [1.165, 1.54) is 20.1 Å². The SMILES string of the molecule is COc1cc(F)ccc1NS(=O)(=O)C(C)CN. The van der Waals surface area contributed by atoms with E-state index in [1.54, 1.807) is 0 Å². The van der Waals surface area contributed by atoms with Crippen LogP contribution < -0.4 is 15.2 Å². The highest BCUT2D eigenvalue weighted by Gasteiger charge is 2.20. The maximum Gasteiger partial charge on any atom is 0.236 e. The molecule has 0 aliphatic heterocycles. The van der Waals surface area contributed by atoms with Crippen molar-refractivity contribution in [3.8, 4) is 5.75 Å². The minimum Gasteiger partial charge on any atom is -0.494 e. The molecule has 0 bridgehead atoms. The maximum absolute atomic E-state index is 12.9. The number of nitrogens with one attached hydrogen (secondary N) is 1. The Morgan fingerprint density at radius 3 is 2.71 bits per heavy atom. The van der Waals surface area contributed by atoms with Gasteiger partial charge >= 0.3 is 0 Å². The van der Waals surface area contributed by atoms with Crippen molar-refractivity contribution in [2.75, 3.05) is 18.4 Å². The molecule has 0 aliphatic rings. The second kappa shape index (κ2) is 5.33. The summed E-state index contributed by atoms with van der Waals surface area (Å²) in [4.78, 5) is 0. The third-order valence-electron chi connectivity index (χ3n) is 2.28. The molecule has 5 nitrogen and oxygen atoms in total. The van der Waals surface area contributed by atoms with Gasteiger partial charge in [0, 0.05) is 12.6 Å². The summed E-state index contributed by atoms with van der Waals surface area (Å²) < 4.78 is 43.6. The number of nitrogens with two attached hydrogens (primary N) is 1. The Hall–Kier alpha value is -1.34. The molecule has 0 heterocycles. The van der Waals surface area contributed by atoms with Crippen LogP contribution in [-0.4, -0.2) is 27.3 Å². The molecular weight excluding hydrogens is 247 g/mol. The molecule has 1 aromatic rings. The Labute approximate surface area is 99.8 Å². The van der Waals surface area contributed by atoms with Gasteiger partial charge in [0.2, 0.25) is 10.0 Å². The molecule has 1 unspecified atom stereocenters. The fraction of sp³-hybridized carbons (Fsp3) is 0.400. The molecule has 0 radical (unpaired) electrons. The second-order valence-corrected chi connectivity index (χ2v) is 5.64. The molecule has 7 heteroatoms. The van der Waals surface area contributed by atoms with Crippen LogP contribution in [0, 0.1) is 5.82 Å². The van der Waals surface area contributed by atoms with Crippen molar-refractivity contribution in [3.05, 3.63) is 24.0 Å². The fourth-order valence-corrected chi connectivity index (χ4v) is 2.06. The van der Waals surface area contributed by atoms with Crippen LogP contribution in [0.5, 0.6) is 5.75 Å². The van der Waals surface area contributed by atoms with Crippen LogP contribution in [0.25, 0.3) is 0 Å². The predicted molar refractivity (Wildman–Crippen MR) is 64.0 cm³/mol. The number of benzene rings is 1. The fourth-order valence-electron chi connectivity index (χ4n) is 1.13. The maximum atomic E-state index is 12.9. The number of anilines is 1. The lowest BCUT2D eigenvalue weighted by molar-refractivity contribution is 0.413. The smallest absolute Gasteiger partial charge is 0.236 e. The lowest BCUT2D eigenvalue weighted by Crippen LogP contribution is -2.31. The predicted octanol–water partition coefficient (Wildman–Crippen LogP) is 0.923. The van der Waals surface area contributed by atoms with Crippen molar-refractivity contribution < 1.29 is 17.5 Å². The molecule has 1 rings (SSSR count). The van der Waals surface area contributed by atoms with E-state index in [1.807, 2.05) is 0 Å². The van der Waals surface area contributed by atoms with E-state index >= 15 is 0 Å². The van der Waals surface area contributed by atoms with Gasteiger partial charge in [-0.2, -0.15) is 0 Å². The summed E-state index contributed by atoms with van der Waals surface area (Å²) in [6, 6.07) is 3.55. The zero-order valence-electron chi connectivity index (χ0n) is 9.60. The van der Waals surface area contributed by atoms with Crippen LogP contribution in [0.1, 0.15) is 6.92 Å². The molecule has 0 fully saturated rings.